The third-order valence-corrected chi connectivity index (χ3v) is 9.34. The van der Waals surface area contributed by atoms with Crippen LogP contribution in [0.5, 0.6) is 0 Å². The zero-order valence-corrected chi connectivity index (χ0v) is 21.0. The summed E-state index contributed by atoms with van der Waals surface area (Å²) >= 11 is 1.48. The molecule has 0 saturated carbocycles. The standard InChI is InChI=1S/C24H25N7O2S2/c1-30(2)35(32,33)18-6-3-5-15(9-18)24-27-19-11-22(26-13-20(19)34-24)28-21-7-4-8-23(29-21)31-14-16-10-17(31)12-25-16/h3-9,11,13,16-17,25H,10,12,14H2,1-2H3,(H,26,28,29)/t16-,17-/m0/s1. The van der Waals surface area contributed by atoms with E-state index in [1.807, 2.05) is 24.3 Å². The Bertz CT molecular complexity index is 1520. The molecule has 2 aliphatic rings. The van der Waals surface area contributed by atoms with Crippen LogP contribution in [0.3, 0.4) is 0 Å². The first-order chi connectivity index (χ1) is 16.9. The lowest BCUT2D eigenvalue weighted by Crippen LogP contribution is -2.44. The molecule has 0 spiro atoms. The van der Waals surface area contributed by atoms with E-state index in [1.165, 1.54) is 36.2 Å². The van der Waals surface area contributed by atoms with Crippen LogP contribution in [0.4, 0.5) is 17.5 Å². The second-order valence-corrected chi connectivity index (χ2v) is 12.2. The van der Waals surface area contributed by atoms with Crippen LogP contribution >= 0.6 is 11.3 Å². The maximum atomic E-state index is 12.5. The minimum Gasteiger partial charge on any atom is -0.351 e. The summed E-state index contributed by atoms with van der Waals surface area (Å²) in [6.07, 6.45) is 2.96. The average Bonchev–Trinajstić information content (AvgIpc) is 3.60. The lowest BCUT2D eigenvalue weighted by molar-refractivity contribution is 0.521. The molecule has 9 nitrogen and oxygen atoms in total. The summed E-state index contributed by atoms with van der Waals surface area (Å²) in [5.41, 5.74) is 1.55. The van der Waals surface area contributed by atoms with Crippen LogP contribution < -0.4 is 15.5 Å². The van der Waals surface area contributed by atoms with Gasteiger partial charge in [-0.15, -0.1) is 11.3 Å². The third-order valence-electron chi connectivity index (χ3n) is 6.48. The van der Waals surface area contributed by atoms with E-state index in [0.29, 0.717) is 17.9 Å². The molecule has 0 amide bonds. The zero-order chi connectivity index (χ0) is 24.2. The number of benzene rings is 1. The monoisotopic (exact) mass is 507 g/mol. The number of hydrogen-bond donors (Lipinski definition) is 2. The van der Waals surface area contributed by atoms with E-state index in [2.05, 4.69) is 26.6 Å². The van der Waals surface area contributed by atoms with Crippen LogP contribution in [-0.4, -0.2) is 66.9 Å². The van der Waals surface area contributed by atoms with Gasteiger partial charge in [0.05, 0.1) is 15.1 Å². The second kappa shape index (κ2) is 8.52. The number of hydrogen-bond acceptors (Lipinski definition) is 9. The van der Waals surface area contributed by atoms with Crippen molar-refractivity contribution in [2.24, 2.45) is 0 Å². The number of thiazole rings is 1. The molecule has 180 valence electrons. The first-order valence-electron chi connectivity index (χ1n) is 11.4. The molecule has 3 aromatic heterocycles. The Morgan fingerprint density at radius 1 is 1.11 bits per heavy atom. The van der Waals surface area contributed by atoms with E-state index in [9.17, 15) is 8.42 Å². The van der Waals surface area contributed by atoms with Crippen molar-refractivity contribution in [2.45, 2.75) is 23.4 Å². The van der Waals surface area contributed by atoms with E-state index in [0.717, 1.165) is 45.5 Å². The molecule has 2 saturated heterocycles. The normalized spacial score (nSPS) is 19.7. The van der Waals surface area contributed by atoms with Crippen molar-refractivity contribution in [1.29, 1.82) is 0 Å². The Hall–Kier alpha value is -3.12. The maximum absolute atomic E-state index is 12.5. The van der Waals surface area contributed by atoms with Crippen LogP contribution in [0.1, 0.15) is 6.42 Å². The van der Waals surface area contributed by atoms with Crippen LogP contribution in [-0.2, 0) is 10.0 Å². The van der Waals surface area contributed by atoms with Gasteiger partial charge >= 0.3 is 0 Å². The molecule has 2 fully saturated rings. The Labute approximate surface area is 207 Å². The van der Waals surface area contributed by atoms with Crippen molar-refractivity contribution in [3.63, 3.8) is 0 Å². The summed E-state index contributed by atoms with van der Waals surface area (Å²) in [5.74, 6) is 2.38. The molecular formula is C24H25N7O2S2. The molecule has 2 N–H and O–H groups in total. The number of pyridine rings is 2. The summed E-state index contributed by atoms with van der Waals surface area (Å²) < 4.78 is 27.2. The van der Waals surface area contributed by atoms with Crippen molar-refractivity contribution >= 4 is 49.0 Å². The Morgan fingerprint density at radius 2 is 1.97 bits per heavy atom. The fourth-order valence-corrected chi connectivity index (χ4v) is 6.51. The van der Waals surface area contributed by atoms with Gasteiger partial charge in [-0.2, -0.15) is 0 Å². The van der Waals surface area contributed by atoms with Gasteiger partial charge in [0.15, 0.2) is 0 Å². The third kappa shape index (κ3) is 4.14. The Morgan fingerprint density at radius 3 is 2.74 bits per heavy atom. The number of anilines is 3. The second-order valence-electron chi connectivity index (χ2n) is 9.02. The van der Waals surface area contributed by atoms with Gasteiger partial charge in [0.1, 0.15) is 22.5 Å². The van der Waals surface area contributed by atoms with Gasteiger partial charge in [0, 0.05) is 57.1 Å². The summed E-state index contributed by atoms with van der Waals surface area (Å²) in [5, 5.41) is 7.58. The van der Waals surface area contributed by atoms with E-state index >= 15 is 0 Å². The summed E-state index contributed by atoms with van der Waals surface area (Å²) in [4.78, 5) is 16.7. The largest absolute Gasteiger partial charge is 0.351 e. The van der Waals surface area contributed by atoms with Gasteiger partial charge in [0.2, 0.25) is 10.0 Å². The number of piperazine rings is 1. The number of aromatic nitrogens is 3. The van der Waals surface area contributed by atoms with Crippen molar-refractivity contribution < 1.29 is 8.42 Å². The minimum absolute atomic E-state index is 0.243. The predicted octanol–water partition coefficient (Wildman–Crippen LogP) is 3.30. The molecule has 0 aliphatic carbocycles. The highest BCUT2D eigenvalue weighted by Gasteiger charge is 2.38. The summed E-state index contributed by atoms with van der Waals surface area (Å²) in [6, 6.07) is 15.8. The van der Waals surface area contributed by atoms with Gasteiger partial charge in [-0.05, 0) is 30.7 Å². The molecule has 2 aliphatic heterocycles. The molecule has 0 unspecified atom stereocenters. The summed E-state index contributed by atoms with van der Waals surface area (Å²) in [7, 11) is -0.468. The first-order valence-corrected chi connectivity index (χ1v) is 13.7. The fraction of sp³-hybridized carbons (Fsp3) is 0.292. The molecule has 35 heavy (non-hydrogen) atoms. The Balaban J connectivity index is 1.25. The van der Waals surface area contributed by atoms with Gasteiger partial charge in [-0.3, -0.25) is 0 Å². The molecular weight excluding hydrogens is 482 g/mol. The van der Waals surface area contributed by atoms with E-state index < -0.39 is 10.0 Å². The zero-order valence-electron chi connectivity index (χ0n) is 19.3. The number of sulfonamides is 1. The average molecular weight is 508 g/mol. The molecule has 1 aromatic carbocycles. The van der Waals surface area contributed by atoms with Crippen molar-refractivity contribution in [1.82, 2.24) is 24.6 Å². The van der Waals surface area contributed by atoms with Gasteiger partial charge in [0.25, 0.3) is 0 Å². The topological polar surface area (TPSA) is 103 Å². The number of nitrogens with one attached hydrogen (secondary N) is 2. The predicted molar refractivity (Wildman–Crippen MR) is 139 cm³/mol. The minimum atomic E-state index is -3.52. The SMILES string of the molecule is CN(C)S(=O)(=O)c1cccc(-c2nc3cc(Nc4cccc(N5C[C@@H]6C[C@H]5CN6)n4)ncc3s2)c1. The number of rotatable bonds is 6. The summed E-state index contributed by atoms with van der Waals surface area (Å²) in [6.45, 7) is 2.00. The van der Waals surface area contributed by atoms with Crippen LogP contribution in [0.15, 0.2) is 59.6 Å². The van der Waals surface area contributed by atoms with E-state index in [1.54, 1.807) is 24.4 Å². The van der Waals surface area contributed by atoms with Crippen LogP contribution in [0, 0.1) is 0 Å². The molecule has 2 bridgehead atoms. The van der Waals surface area contributed by atoms with Gasteiger partial charge < -0.3 is 15.5 Å². The van der Waals surface area contributed by atoms with Gasteiger partial charge in [-0.25, -0.2) is 27.7 Å². The number of nitrogens with zero attached hydrogens (tertiary/aromatic N) is 5. The molecule has 11 heteroatoms. The highest BCUT2D eigenvalue weighted by molar-refractivity contribution is 7.89. The van der Waals surface area contributed by atoms with E-state index in [-0.39, 0.29) is 4.90 Å². The maximum Gasteiger partial charge on any atom is 0.242 e. The smallest absolute Gasteiger partial charge is 0.242 e. The highest BCUT2D eigenvalue weighted by Crippen LogP contribution is 2.33. The molecule has 2 atom stereocenters. The first kappa shape index (κ1) is 22.4. The highest BCUT2D eigenvalue weighted by atomic mass is 32.2. The molecule has 4 aromatic rings. The number of fused-ring (bicyclic) bond motifs is 3. The lowest BCUT2D eigenvalue weighted by atomic mass is 10.2. The molecule has 5 heterocycles. The molecule has 6 rings (SSSR count). The quantitative estimate of drug-likeness (QED) is 0.410. The van der Waals surface area contributed by atoms with Crippen molar-refractivity contribution in [3.8, 4) is 10.6 Å². The molecule has 0 radical (unpaired) electrons. The van der Waals surface area contributed by atoms with Crippen molar-refractivity contribution in [2.75, 3.05) is 37.4 Å². The van der Waals surface area contributed by atoms with E-state index in [4.69, 9.17) is 9.97 Å². The van der Waals surface area contributed by atoms with Crippen LogP contribution in [0.25, 0.3) is 20.8 Å². The lowest BCUT2D eigenvalue weighted by Gasteiger charge is -2.28. The van der Waals surface area contributed by atoms with Crippen LogP contribution in [0.2, 0.25) is 0 Å². The fourth-order valence-electron chi connectivity index (χ4n) is 4.65. The van der Waals surface area contributed by atoms with Crippen molar-refractivity contribution in [3.05, 3.63) is 54.7 Å². The Kier molecular flexibility index (Phi) is 5.44. The van der Waals surface area contributed by atoms with Gasteiger partial charge in [-0.1, -0.05) is 18.2 Å².